The van der Waals surface area contributed by atoms with Crippen molar-refractivity contribution in [3.63, 3.8) is 0 Å². The van der Waals surface area contributed by atoms with Gasteiger partial charge in [-0.3, -0.25) is 19.8 Å². The van der Waals surface area contributed by atoms with Crippen LogP contribution in [0.2, 0.25) is 4.34 Å². The summed E-state index contributed by atoms with van der Waals surface area (Å²) in [5, 5.41) is 15.1. The maximum atomic E-state index is 12.1. The lowest BCUT2D eigenvalue weighted by Gasteiger charge is -2.28. The lowest BCUT2D eigenvalue weighted by molar-refractivity contribution is 0.122. The monoisotopic (exact) mass is 779 g/mol. The molecule has 53 heavy (non-hydrogen) atoms. The van der Waals surface area contributed by atoms with Gasteiger partial charge < -0.3 is 39.7 Å². The Labute approximate surface area is 318 Å². The van der Waals surface area contributed by atoms with Crippen LogP contribution in [0.15, 0.2) is 70.3 Å². The summed E-state index contributed by atoms with van der Waals surface area (Å²) in [5.41, 5.74) is 9.46. The number of thiophene rings is 2. The number of nitrogens with one attached hydrogen (secondary N) is 4. The second-order valence-corrected chi connectivity index (χ2v) is 15.2. The maximum absolute atomic E-state index is 12.1. The molecule has 0 bridgehead atoms. The first-order valence-corrected chi connectivity index (χ1v) is 19.1. The van der Waals surface area contributed by atoms with Crippen molar-refractivity contribution >= 4 is 51.7 Å². The Bertz CT molecular complexity index is 2180. The van der Waals surface area contributed by atoms with E-state index < -0.39 is 0 Å². The number of aromatic nitrogens is 6. The van der Waals surface area contributed by atoms with Crippen molar-refractivity contribution in [2.24, 2.45) is 0 Å². The number of anilines is 3. The number of halogens is 1. The number of aryl methyl sites for hydroxylation is 3. The normalized spacial score (nSPS) is 14.2. The predicted molar refractivity (Wildman–Crippen MR) is 212 cm³/mol. The number of rotatable bonds is 8. The third kappa shape index (κ3) is 10.8. The van der Waals surface area contributed by atoms with Gasteiger partial charge in [-0.05, 0) is 62.2 Å². The number of nitrogens with zero attached hydrogens (tertiary/aromatic N) is 4. The molecule has 2 saturated heterocycles. The van der Waals surface area contributed by atoms with Crippen molar-refractivity contribution in [1.82, 2.24) is 30.4 Å². The Morgan fingerprint density at radius 3 is 1.96 bits per heavy atom. The molecule has 8 heterocycles. The summed E-state index contributed by atoms with van der Waals surface area (Å²) < 4.78 is 16.4. The van der Waals surface area contributed by atoms with Crippen molar-refractivity contribution < 1.29 is 14.2 Å². The van der Waals surface area contributed by atoms with Gasteiger partial charge in [-0.2, -0.15) is 10.2 Å². The molecule has 0 spiro atoms. The van der Waals surface area contributed by atoms with E-state index in [0.29, 0.717) is 32.2 Å². The standard InChI is InChI=1S/C18H19ClN4O2S.C12H15N5O2.C6H8OS/c19-16-4-3-14(26-16)2-1-13-11-15(22-21-13)12-9-17(20-18(24)10-12)23-5-7-25-8-6-23;13-10-7-9(15-16-10)8-5-11(14-12(18)6-8)17-1-3-19-4-2-17;1-5-3-4-6(7-2)8-5/h3-4,9-11H,1-2,5-8H2,(H,20,24)(H,21,22);5-7H,1-4H2,(H,14,18)(H3,13,15,16);3-4H,1-2H3. The molecule has 2 aliphatic rings. The highest BCUT2D eigenvalue weighted by Crippen LogP contribution is 2.25. The molecule has 0 radical (unpaired) electrons. The molecule has 14 nitrogen and oxygen atoms in total. The first-order chi connectivity index (χ1) is 25.7. The number of hydrogen-bond donors (Lipinski definition) is 5. The van der Waals surface area contributed by atoms with Gasteiger partial charge in [0.1, 0.15) is 17.5 Å². The largest absolute Gasteiger partial charge is 0.487 e. The zero-order valence-corrected chi connectivity index (χ0v) is 31.8. The summed E-state index contributed by atoms with van der Waals surface area (Å²) in [5.74, 6) is 2.01. The van der Waals surface area contributed by atoms with Gasteiger partial charge in [-0.1, -0.05) is 11.6 Å². The molecule has 0 aliphatic carbocycles. The van der Waals surface area contributed by atoms with Crippen molar-refractivity contribution in [1.29, 1.82) is 0 Å². The fourth-order valence-corrected chi connectivity index (χ4v) is 7.46. The van der Waals surface area contributed by atoms with E-state index in [-0.39, 0.29) is 11.1 Å². The molecule has 0 aromatic carbocycles. The predicted octanol–water partition coefficient (Wildman–Crippen LogP) is 5.35. The van der Waals surface area contributed by atoms with Crippen molar-refractivity contribution in [3.05, 3.63) is 101 Å². The zero-order valence-electron chi connectivity index (χ0n) is 29.4. The summed E-state index contributed by atoms with van der Waals surface area (Å²) in [7, 11) is 1.69. The van der Waals surface area contributed by atoms with Crippen LogP contribution >= 0.6 is 34.3 Å². The van der Waals surface area contributed by atoms with E-state index in [4.69, 9.17) is 31.5 Å². The minimum Gasteiger partial charge on any atom is -0.487 e. The molecule has 0 unspecified atom stereocenters. The number of ether oxygens (including phenoxy) is 3. The highest BCUT2D eigenvalue weighted by atomic mass is 35.5. The van der Waals surface area contributed by atoms with Crippen LogP contribution in [0.3, 0.4) is 0 Å². The summed E-state index contributed by atoms with van der Waals surface area (Å²) in [6.45, 7) is 7.83. The van der Waals surface area contributed by atoms with Gasteiger partial charge >= 0.3 is 0 Å². The van der Waals surface area contributed by atoms with E-state index in [1.165, 1.54) is 15.8 Å². The number of morpholine rings is 2. The van der Waals surface area contributed by atoms with Crippen LogP contribution in [0, 0.1) is 6.92 Å². The second kappa shape index (κ2) is 18.3. The minimum absolute atomic E-state index is 0.123. The molecule has 2 aliphatic heterocycles. The Kier molecular flexibility index (Phi) is 13.0. The molecule has 17 heteroatoms. The number of aromatic amines is 4. The van der Waals surface area contributed by atoms with Gasteiger partial charge in [-0.25, -0.2) is 0 Å². The molecule has 2 fully saturated rings. The first-order valence-electron chi connectivity index (χ1n) is 17.1. The number of nitrogens with two attached hydrogens (primary N) is 1. The smallest absolute Gasteiger partial charge is 0.250 e. The third-order valence-corrected chi connectivity index (χ3v) is 10.6. The number of hydrogen-bond acceptors (Lipinski definition) is 12. The van der Waals surface area contributed by atoms with Crippen molar-refractivity contribution in [3.8, 4) is 27.6 Å². The van der Waals surface area contributed by atoms with E-state index in [1.807, 2.05) is 36.4 Å². The van der Waals surface area contributed by atoms with E-state index in [1.54, 1.807) is 41.9 Å². The average molecular weight is 780 g/mol. The van der Waals surface area contributed by atoms with Crippen LogP contribution in [-0.4, -0.2) is 90.1 Å². The topological polar surface area (TPSA) is 183 Å². The molecule has 0 saturated carbocycles. The Balaban J connectivity index is 0.000000155. The van der Waals surface area contributed by atoms with E-state index in [0.717, 1.165) is 88.3 Å². The van der Waals surface area contributed by atoms with Crippen molar-refractivity contribution in [2.75, 3.05) is 75.2 Å². The van der Waals surface area contributed by atoms with E-state index >= 15 is 0 Å². The molecule has 0 amide bonds. The summed E-state index contributed by atoms with van der Waals surface area (Å²) in [6, 6.07) is 18.7. The van der Waals surface area contributed by atoms with Gasteiger partial charge in [0.05, 0.1) is 49.3 Å². The minimum atomic E-state index is -0.146. The van der Waals surface area contributed by atoms with E-state index in [9.17, 15) is 9.59 Å². The van der Waals surface area contributed by atoms with Gasteiger partial charge in [0.25, 0.3) is 0 Å². The fraction of sp³-hybridized carbons (Fsp3) is 0.333. The van der Waals surface area contributed by atoms with Crippen LogP contribution in [-0.2, 0) is 22.3 Å². The molecule has 6 aromatic rings. The number of pyridine rings is 2. The third-order valence-electron chi connectivity index (χ3n) is 8.39. The van der Waals surface area contributed by atoms with Gasteiger partial charge in [-0.15, -0.1) is 22.7 Å². The molecule has 280 valence electrons. The zero-order chi connectivity index (χ0) is 37.2. The Morgan fingerprint density at radius 2 is 1.43 bits per heavy atom. The average Bonchev–Trinajstić information content (AvgIpc) is 4.00. The number of nitrogen functional groups attached to an aromatic ring is 1. The highest BCUT2D eigenvalue weighted by Gasteiger charge is 2.16. The van der Waals surface area contributed by atoms with Gasteiger partial charge in [0.15, 0.2) is 5.06 Å². The van der Waals surface area contributed by atoms with Crippen LogP contribution in [0.5, 0.6) is 5.06 Å². The molecule has 6 aromatic heterocycles. The quantitative estimate of drug-likeness (QED) is 0.135. The SMILES string of the molecule is COc1ccc(C)s1.Nc1cc(-c2cc(N3CCOCC3)[nH]c(=O)c2)[nH]n1.O=c1cc(-c2cc(CCc3ccc(Cl)s3)[nH]n2)cc(N2CCOCC2)[nH]1. The van der Waals surface area contributed by atoms with Gasteiger partial charge in [0.2, 0.25) is 11.1 Å². The van der Waals surface area contributed by atoms with Crippen LogP contribution < -0.4 is 31.4 Å². The van der Waals surface area contributed by atoms with Crippen LogP contribution in [0.4, 0.5) is 17.5 Å². The molecule has 6 N–H and O–H groups in total. The van der Waals surface area contributed by atoms with Crippen LogP contribution in [0.1, 0.15) is 15.4 Å². The van der Waals surface area contributed by atoms with Gasteiger partial charge in [0, 0.05) is 71.0 Å². The molecule has 0 atom stereocenters. The summed E-state index contributed by atoms with van der Waals surface area (Å²) in [4.78, 5) is 36.4. The fourth-order valence-electron chi connectivity index (χ4n) is 5.70. The molecular weight excluding hydrogens is 738 g/mol. The highest BCUT2D eigenvalue weighted by molar-refractivity contribution is 7.16. The summed E-state index contributed by atoms with van der Waals surface area (Å²) >= 11 is 9.24. The molecular formula is C36H42ClN9O5S2. The number of methoxy groups -OCH3 is 1. The summed E-state index contributed by atoms with van der Waals surface area (Å²) in [6.07, 6.45) is 1.76. The van der Waals surface area contributed by atoms with Crippen molar-refractivity contribution in [2.45, 2.75) is 19.8 Å². The second-order valence-electron chi connectivity index (χ2n) is 12.2. The number of H-pyrrole nitrogens is 4. The van der Waals surface area contributed by atoms with Crippen LogP contribution in [0.25, 0.3) is 22.5 Å². The lowest BCUT2D eigenvalue weighted by atomic mass is 10.1. The first kappa shape index (κ1) is 37.9. The van der Waals surface area contributed by atoms with E-state index in [2.05, 4.69) is 53.2 Å². The Hall–Kier alpha value is -4.87. The Morgan fingerprint density at radius 1 is 0.792 bits per heavy atom. The lowest BCUT2D eigenvalue weighted by Crippen LogP contribution is -2.37. The maximum Gasteiger partial charge on any atom is 0.250 e. The molecule has 8 rings (SSSR count).